The van der Waals surface area contributed by atoms with Gasteiger partial charge in [-0.1, -0.05) is 18.2 Å². The van der Waals surface area contributed by atoms with Crippen molar-refractivity contribution < 1.29 is 9.59 Å². The van der Waals surface area contributed by atoms with Gasteiger partial charge in [0.15, 0.2) is 0 Å². The second kappa shape index (κ2) is 7.80. The van der Waals surface area contributed by atoms with E-state index in [4.69, 9.17) is 0 Å². The highest BCUT2D eigenvalue weighted by Crippen LogP contribution is 2.28. The van der Waals surface area contributed by atoms with E-state index in [0.29, 0.717) is 26.2 Å². The summed E-state index contributed by atoms with van der Waals surface area (Å²) in [5.74, 6) is 0.00376. The highest BCUT2D eigenvalue weighted by Gasteiger charge is 2.27. The molecule has 2 aromatic heterocycles. The highest BCUT2D eigenvalue weighted by molar-refractivity contribution is 7.08. The van der Waals surface area contributed by atoms with Gasteiger partial charge in [0.2, 0.25) is 5.91 Å². The summed E-state index contributed by atoms with van der Waals surface area (Å²) in [6.45, 7) is 4.55. The number of hydrogen-bond acceptors (Lipinski definition) is 3. The molecule has 1 aliphatic rings. The number of para-hydroxylation sites is 1. The van der Waals surface area contributed by atoms with Crippen LogP contribution in [0.3, 0.4) is 0 Å². The van der Waals surface area contributed by atoms with E-state index in [1.807, 2.05) is 52.7 Å². The van der Waals surface area contributed by atoms with Crippen LogP contribution in [0.4, 0.5) is 0 Å². The molecule has 146 valence electrons. The monoisotopic (exact) mass is 395 g/mol. The van der Waals surface area contributed by atoms with Gasteiger partial charge in [-0.25, -0.2) is 0 Å². The van der Waals surface area contributed by atoms with Gasteiger partial charge in [0.05, 0.1) is 11.5 Å². The van der Waals surface area contributed by atoms with Gasteiger partial charge in [0, 0.05) is 55.7 Å². The molecule has 0 bridgehead atoms. The Bertz CT molecular complexity index is 993. The molecule has 0 radical (unpaired) electrons. The van der Waals surface area contributed by atoms with Crippen molar-refractivity contribution in [3.8, 4) is 0 Å². The first-order valence-corrected chi connectivity index (χ1v) is 10.6. The molecule has 0 saturated carbocycles. The molecular formula is C22H25N3O2S. The predicted octanol–water partition coefficient (Wildman–Crippen LogP) is 3.72. The average Bonchev–Trinajstić information content (AvgIpc) is 3.29. The first-order chi connectivity index (χ1) is 13.6. The van der Waals surface area contributed by atoms with Crippen molar-refractivity contribution in [2.75, 3.05) is 26.2 Å². The summed E-state index contributed by atoms with van der Waals surface area (Å²) in [6.07, 6.45) is 2.88. The lowest BCUT2D eigenvalue weighted by molar-refractivity contribution is -0.132. The molecule has 1 atom stereocenters. The van der Waals surface area contributed by atoms with Gasteiger partial charge in [-0.2, -0.15) is 11.3 Å². The van der Waals surface area contributed by atoms with Crippen LogP contribution in [0.25, 0.3) is 10.9 Å². The molecule has 1 aromatic carbocycles. The van der Waals surface area contributed by atoms with Crippen molar-refractivity contribution in [2.45, 2.75) is 19.3 Å². The lowest BCUT2D eigenvalue weighted by atomic mass is 9.99. The first-order valence-electron chi connectivity index (χ1n) is 9.70. The third-order valence-corrected chi connectivity index (χ3v) is 6.31. The average molecular weight is 396 g/mol. The van der Waals surface area contributed by atoms with Crippen LogP contribution in [0, 0.1) is 0 Å². The van der Waals surface area contributed by atoms with Crippen molar-refractivity contribution in [1.29, 1.82) is 0 Å². The number of nitrogens with zero attached hydrogens (tertiary/aromatic N) is 3. The molecule has 5 nitrogen and oxygen atoms in total. The lowest BCUT2D eigenvalue weighted by Crippen LogP contribution is -2.38. The Kier molecular flexibility index (Phi) is 5.22. The van der Waals surface area contributed by atoms with Gasteiger partial charge in [-0.3, -0.25) is 9.59 Å². The quantitative estimate of drug-likeness (QED) is 0.679. The van der Waals surface area contributed by atoms with E-state index >= 15 is 0 Å². The maximum absolute atomic E-state index is 13.2. The van der Waals surface area contributed by atoms with Crippen LogP contribution < -0.4 is 0 Å². The summed E-state index contributed by atoms with van der Waals surface area (Å²) in [7, 11) is 2.02. The molecule has 1 aliphatic heterocycles. The van der Waals surface area contributed by atoms with E-state index in [0.717, 1.165) is 28.5 Å². The standard InChI is InChI=1S/C22H25N3O2S/c1-16(19-14-23(2)20-7-4-3-6-18(19)20)21(26)24-9-5-10-25(12-11-24)22(27)17-8-13-28-15-17/h3-4,6-8,13-16H,5,9-12H2,1-2H3. The summed E-state index contributed by atoms with van der Waals surface area (Å²) in [5.41, 5.74) is 2.95. The molecule has 1 unspecified atom stereocenters. The van der Waals surface area contributed by atoms with Crippen LogP contribution >= 0.6 is 11.3 Å². The fourth-order valence-corrected chi connectivity index (χ4v) is 4.66. The Morgan fingerprint density at radius 3 is 2.57 bits per heavy atom. The molecule has 0 aliphatic carbocycles. The largest absolute Gasteiger partial charge is 0.350 e. The first kappa shape index (κ1) is 18.7. The molecule has 1 saturated heterocycles. The maximum Gasteiger partial charge on any atom is 0.254 e. The van der Waals surface area contributed by atoms with Gasteiger partial charge in [0.1, 0.15) is 0 Å². The van der Waals surface area contributed by atoms with E-state index in [9.17, 15) is 9.59 Å². The van der Waals surface area contributed by atoms with Gasteiger partial charge in [0.25, 0.3) is 5.91 Å². The number of carbonyl (C=O) groups excluding carboxylic acids is 2. The molecule has 6 heteroatoms. The van der Waals surface area contributed by atoms with Crippen molar-refractivity contribution in [1.82, 2.24) is 14.4 Å². The molecular weight excluding hydrogens is 370 g/mol. The van der Waals surface area contributed by atoms with Gasteiger partial charge < -0.3 is 14.4 Å². The molecule has 4 rings (SSSR count). The molecule has 3 heterocycles. The molecule has 1 fully saturated rings. The number of fused-ring (bicyclic) bond motifs is 1. The topological polar surface area (TPSA) is 45.6 Å². The van der Waals surface area contributed by atoms with Crippen molar-refractivity contribution in [3.05, 3.63) is 58.4 Å². The summed E-state index contributed by atoms with van der Waals surface area (Å²) in [6, 6.07) is 10.1. The summed E-state index contributed by atoms with van der Waals surface area (Å²) in [5, 5.41) is 4.95. The van der Waals surface area contributed by atoms with Gasteiger partial charge in [-0.15, -0.1) is 0 Å². The van der Waals surface area contributed by atoms with Gasteiger partial charge in [-0.05, 0) is 36.4 Å². The number of carbonyl (C=O) groups is 2. The molecule has 0 N–H and O–H groups in total. The second-order valence-electron chi connectivity index (χ2n) is 7.42. The smallest absolute Gasteiger partial charge is 0.254 e. The van der Waals surface area contributed by atoms with Crippen LogP contribution in [0.15, 0.2) is 47.3 Å². The number of thiophene rings is 1. The number of hydrogen-bond donors (Lipinski definition) is 0. The molecule has 28 heavy (non-hydrogen) atoms. The second-order valence-corrected chi connectivity index (χ2v) is 8.20. The Labute approximate surface area is 169 Å². The van der Waals surface area contributed by atoms with Crippen LogP contribution in [0.2, 0.25) is 0 Å². The minimum atomic E-state index is -0.203. The zero-order chi connectivity index (χ0) is 19.7. The number of aryl methyl sites for hydroxylation is 1. The zero-order valence-corrected chi connectivity index (χ0v) is 17.1. The Morgan fingerprint density at radius 1 is 1.04 bits per heavy atom. The number of benzene rings is 1. The van der Waals surface area contributed by atoms with Crippen molar-refractivity contribution >= 4 is 34.1 Å². The number of rotatable bonds is 3. The normalized spacial score (nSPS) is 16.2. The van der Waals surface area contributed by atoms with Crippen LogP contribution in [0.5, 0.6) is 0 Å². The Balaban J connectivity index is 1.48. The number of aromatic nitrogens is 1. The SMILES string of the molecule is CC(C(=O)N1CCCN(C(=O)c2ccsc2)CC1)c1cn(C)c2ccccc12. The third-order valence-electron chi connectivity index (χ3n) is 5.63. The number of amides is 2. The van der Waals surface area contributed by atoms with Crippen LogP contribution in [-0.2, 0) is 11.8 Å². The zero-order valence-electron chi connectivity index (χ0n) is 16.3. The van der Waals surface area contributed by atoms with Gasteiger partial charge >= 0.3 is 0 Å². The lowest BCUT2D eigenvalue weighted by Gasteiger charge is -2.24. The Morgan fingerprint density at radius 2 is 1.79 bits per heavy atom. The van der Waals surface area contributed by atoms with Crippen molar-refractivity contribution in [2.24, 2.45) is 7.05 Å². The fraction of sp³-hybridized carbons (Fsp3) is 0.364. The third kappa shape index (κ3) is 3.44. The minimum Gasteiger partial charge on any atom is -0.350 e. The van der Waals surface area contributed by atoms with Crippen LogP contribution in [-0.4, -0.2) is 52.4 Å². The van der Waals surface area contributed by atoms with Crippen LogP contribution in [0.1, 0.15) is 35.2 Å². The Hall–Kier alpha value is -2.60. The fourth-order valence-electron chi connectivity index (χ4n) is 4.03. The summed E-state index contributed by atoms with van der Waals surface area (Å²) < 4.78 is 2.08. The van der Waals surface area contributed by atoms with E-state index in [-0.39, 0.29) is 17.7 Å². The molecule has 3 aromatic rings. The van der Waals surface area contributed by atoms with E-state index < -0.39 is 0 Å². The van der Waals surface area contributed by atoms with E-state index in [1.165, 1.54) is 11.3 Å². The molecule has 0 spiro atoms. The molecule has 2 amide bonds. The summed E-state index contributed by atoms with van der Waals surface area (Å²) in [4.78, 5) is 29.6. The van der Waals surface area contributed by atoms with Crippen molar-refractivity contribution in [3.63, 3.8) is 0 Å². The maximum atomic E-state index is 13.2. The minimum absolute atomic E-state index is 0.0673. The highest BCUT2D eigenvalue weighted by atomic mass is 32.1. The van der Waals surface area contributed by atoms with E-state index in [2.05, 4.69) is 22.9 Å². The predicted molar refractivity (Wildman–Crippen MR) is 113 cm³/mol. The van der Waals surface area contributed by atoms with E-state index in [1.54, 1.807) is 0 Å². The summed E-state index contributed by atoms with van der Waals surface area (Å²) >= 11 is 1.53.